The van der Waals surface area contributed by atoms with Gasteiger partial charge in [-0.2, -0.15) is 5.10 Å². The first-order chi connectivity index (χ1) is 14.3. The van der Waals surface area contributed by atoms with Gasteiger partial charge in [-0.15, -0.1) is 0 Å². The van der Waals surface area contributed by atoms with E-state index in [0.29, 0.717) is 13.2 Å². The van der Waals surface area contributed by atoms with Gasteiger partial charge in [-0.1, -0.05) is 36.4 Å². The smallest absolute Gasteiger partial charge is 0.243 e. The number of carbonyl (C=O) groups is 1. The molecule has 3 aromatic rings. The quantitative estimate of drug-likeness (QED) is 0.612. The molecule has 0 spiro atoms. The summed E-state index contributed by atoms with van der Waals surface area (Å²) in [5.41, 5.74) is 5.82. The van der Waals surface area contributed by atoms with E-state index in [0.717, 1.165) is 28.3 Å². The predicted molar refractivity (Wildman–Crippen MR) is 120 cm³/mol. The highest BCUT2D eigenvalue weighted by Crippen LogP contribution is 2.26. The summed E-state index contributed by atoms with van der Waals surface area (Å²) in [6, 6.07) is 14.4. The van der Waals surface area contributed by atoms with Gasteiger partial charge >= 0.3 is 0 Å². The molecular formula is C24H30N4O2. The SMILES string of the molecule is Cc1ccccc1COc1c(C)cc(CNc2ccn(CC(=O)N(C)C)n2)cc1C. The van der Waals surface area contributed by atoms with Crippen molar-refractivity contribution in [2.45, 2.75) is 40.5 Å². The van der Waals surface area contributed by atoms with E-state index >= 15 is 0 Å². The van der Waals surface area contributed by atoms with Crippen LogP contribution in [0.4, 0.5) is 5.82 Å². The third-order valence-electron chi connectivity index (χ3n) is 5.06. The Bertz CT molecular complexity index is 1000. The molecule has 0 radical (unpaired) electrons. The molecule has 30 heavy (non-hydrogen) atoms. The molecule has 1 aromatic heterocycles. The molecule has 0 saturated carbocycles. The fourth-order valence-corrected chi connectivity index (χ4v) is 3.31. The van der Waals surface area contributed by atoms with Gasteiger partial charge in [-0.05, 0) is 48.6 Å². The maximum absolute atomic E-state index is 11.8. The van der Waals surface area contributed by atoms with Crippen LogP contribution in [0.2, 0.25) is 0 Å². The van der Waals surface area contributed by atoms with Crippen LogP contribution in [0.15, 0.2) is 48.7 Å². The number of carbonyl (C=O) groups excluding carboxylic acids is 1. The zero-order valence-electron chi connectivity index (χ0n) is 18.4. The van der Waals surface area contributed by atoms with Crippen LogP contribution in [0.3, 0.4) is 0 Å². The van der Waals surface area contributed by atoms with E-state index < -0.39 is 0 Å². The molecule has 0 aliphatic heterocycles. The number of rotatable bonds is 8. The van der Waals surface area contributed by atoms with E-state index in [9.17, 15) is 4.79 Å². The zero-order chi connectivity index (χ0) is 21.7. The second-order valence-corrected chi connectivity index (χ2v) is 7.81. The lowest BCUT2D eigenvalue weighted by molar-refractivity contribution is -0.129. The van der Waals surface area contributed by atoms with E-state index in [-0.39, 0.29) is 12.5 Å². The Labute approximate surface area is 178 Å². The summed E-state index contributed by atoms with van der Waals surface area (Å²) in [6.45, 7) is 7.70. The lowest BCUT2D eigenvalue weighted by Crippen LogP contribution is -2.26. The van der Waals surface area contributed by atoms with E-state index in [4.69, 9.17) is 4.74 Å². The molecule has 0 atom stereocenters. The van der Waals surface area contributed by atoms with Crippen LogP contribution < -0.4 is 10.1 Å². The van der Waals surface area contributed by atoms with Gasteiger partial charge in [-0.25, -0.2) is 0 Å². The molecule has 6 nitrogen and oxygen atoms in total. The molecule has 0 fully saturated rings. The van der Waals surface area contributed by atoms with Crippen molar-refractivity contribution in [3.05, 3.63) is 76.5 Å². The number of likely N-dealkylation sites (N-methyl/N-ethyl adjacent to an activating group) is 1. The molecule has 0 bridgehead atoms. The minimum Gasteiger partial charge on any atom is -0.488 e. The van der Waals surface area contributed by atoms with Gasteiger partial charge in [0.15, 0.2) is 0 Å². The lowest BCUT2D eigenvalue weighted by Gasteiger charge is -2.15. The number of nitrogens with one attached hydrogen (secondary N) is 1. The first kappa shape index (κ1) is 21.4. The predicted octanol–water partition coefficient (Wildman–Crippen LogP) is 4.09. The summed E-state index contributed by atoms with van der Waals surface area (Å²) in [5.74, 6) is 1.70. The summed E-state index contributed by atoms with van der Waals surface area (Å²) in [4.78, 5) is 13.4. The number of nitrogens with zero attached hydrogens (tertiary/aromatic N) is 3. The number of amides is 1. The second kappa shape index (κ2) is 9.48. The standard InChI is InChI=1S/C24H30N4O2/c1-17-8-6-7-9-21(17)16-30-24-18(2)12-20(13-19(24)3)14-25-22-10-11-28(26-22)15-23(29)27(4)5/h6-13H,14-16H2,1-5H3,(H,25,26). The van der Waals surface area contributed by atoms with Gasteiger partial charge in [0, 0.05) is 32.9 Å². The van der Waals surface area contributed by atoms with E-state index in [2.05, 4.69) is 55.5 Å². The van der Waals surface area contributed by atoms with Crippen LogP contribution >= 0.6 is 0 Å². The normalized spacial score (nSPS) is 10.7. The van der Waals surface area contributed by atoms with Crippen molar-refractivity contribution in [2.24, 2.45) is 0 Å². The summed E-state index contributed by atoms with van der Waals surface area (Å²) < 4.78 is 7.78. The van der Waals surface area contributed by atoms with Crippen molar-refractivity contribution in [3.8, 4) is 5.75 Å². The summed E-state index contributed by atoms with van der Waals surface area (Å²) in [6.07, 6.45) is 1.81. The Kier molecular flexibility index (Phi) is 6.77. The fourth-order valence-electron chi connectivity index (χ4n) is 3.31. The second-order valence-electron chi connectivity index (χ2n) is 7.81. The number of ether oxygens (including phenoxy) is 1. The number of hydrogen-bond acceptors (Lipinski definition) is 4. The highest BCUT2D eigenvalue weighted by Gasteiger charge is 2.10. The molecule has 1 amide bonds. The van der Waals surface area contributed by atoms with Crippen molar-refractivity contribution < 1.29 is 9.53 Å². The van der Waals surface area contributed by atoms with Gasteiger partial charge in [0.25, 0.3) is 0 Å². The molecule has 1 N–H and O–H groups in total. The maximum Gasteiger partial charge on any atom is 0.243 e. The molecule has 1 heterocycles. The Balaban J connectivity index is 1.61. The largest absolute Gasteiger partial charge is 0.488 e. The Morgan fingerprint density at radius 1 is 1.07 bits per heavy atom. The highest BCUT2D eigenvalue weighted by molar-refractivity contribution is 5.75. The average Bonchev–Trinajstić information content (AvgIpc) is 3.14. The van der Waals surface area contributed by atoms with Crippen molar-refractivity contribution in [2.75, 3.05) is 19.4 Å². The average molecular weight is 407 g/mol. The van der Waals surface area contributed by atoms with Crippen LogP contribution in [-0.2, 0) is 24.5 Å². The van der Waals surface area contributed by atoms with Crippen molar-refractivity contribution in [1.29, 1.82) is 0 Å². The van der Waals surface area contributed by atoms with Gasteiger partial charge < -0.3 is 15.0 Å². The molecule has 0 aliphatic carbocycles. The summed E-state index contributed by atoms with van der Waals surface area (Å²) in [7, 11) is 3.48. The number of aromatic nitrogens is 2. The summed E-state index contributed by atoms with van der Waals surface area (Å²) >= 11 is 0. The van der Waals surface area contributed by atoms with Crippen molar-refractivity contribution >= 4 is 11.7 Å². The third-order valence-corrected chi connectivity index (χ3v) is 5.06. The van der Waals surface area contributed by atoms with Crippen molar-refractivity contribution in [1.82, 2.24) is 14.7 Å². The monoisotopic (exact) mass is 406 g/mol. The van der Waals surface area contributed by atoms with E-state index in [1.807, 2.05) is 24.4 Å². The minimum atomic E-state index is 0.0113. The Morgan fingerprint density at radius 3 is 2.43 bits per heavy atom. The number of hydrogen-bond donors (Lipinski definition) is 1. The maximum atomic E-state index is 11.8. The summed E-state index contributed by atoms with van der Waals surface area (Å²) in [5, 5.41) is 7.74. The van der Waals surface area contributed by atoms with Gasteiger partial charge in [0.05, 0.1) is 0 Å². The van der Waals surface area contributed by atoms with Gasteiger partial charge in [-0.3, -0.25) is 9.48 Å². The highest BCUT2D eigenvalue weighted by atomic mass is 16.5. The van der Waals surface area contributed by atoms with Crippen LogP contribution in [-0.4, -0.2) is 34.7 Å². The van der Waals surface area contributed by atoms with Crippen LogP contribution in [0.25, 0.3) is 0 Å². The van der Waals surface area contributed by atoms with Crippen LogP contribution in [0.1, 0.15) is 27.8 Å². The molecule has 2 aromatic carbocycles. The van der Waals surface area contributed by atoms with E-state index in [1.54, 1.807) is 23.7 Å². The lowest BCUT2D eigenvalue weighted by atomic mass is 10.1. The fraction of sp³-hybridized carbons (Fsp3) is 0.333. The minimum absolute atomic E-state index is 0.0113. The first-order valence-corrected chi connectivity index (χ1v) is 10.1. The van der Waals surface area contributed by atoms with E-state index in [1.165, 1.54) is 11.1 Å². The van der Waals surface area contributed by atoms with Crippen LogP contribution in [0.5, 0.6) is 5.75 Å². The third kappa shape index (κ3) is 5.41. The zero-order valence-corrected chi connectivity index (χ0v) is 18.4. The van der Waals surface area contributed by atoms with Crippen molar-refractivity contribution in [3.63, 3.8) is 0 Å². The van der Waals surface area contributed by atoms with Gasteiger partial charge in [0.1, 0.15) is 24.7 Å². The van der Waals surface area contributed by atoms with Gasteiger partial charge in [0.2, 0.25) is 5.91 Å². The molecule has 158 valence electrons. The molecule has 6 heteroatoms. The molecule has 0 saturated heterocycles. The number of anilines is 1. The van der Waals surface area contributed by atoms with Crippen LogP contribution in [0, 0.1) is 20.8 Å². The Morgan fingerprint density at radius 2 is 1.77 bits per heavy atom. The molecular weight excluding hydrogens is 376 g/mol. The number of benzene rings is 2. The number of aryl methyl sites for hydroxylation is 3. The first-order valence-electron chi connectivity index (χ1n) is 10.1. The molecule has 0 aliphatic rings. The topological polar surface area (TPSA) is 59.4 Å². The molecule has 0 unspecified atom stereocenters. The Hall–Kier alpha value is -3.28. The molecule has 3 rings (SSSR count).